The Bertz CT molecular complexity index is 2710. The summed E-state index contributed by atoms with van der Waals surface area (Å²) in [5, 5.41) is 29.0. The molecule has 0 atom stereocenters. The summed E-state index contributed by atoms with van der Waals surface area (Å²) in [6, 6.07) is 26.7. The molecule has 13 N–H and O–H groups in total. The lowest BCUT2D eigenvalue weighted by Crippen LogP contribution is -2.12. The van der Waals surface area contributed by atoms with Gasteiger partial charge in [0.15, 0.2) is 5.75 Å². The van der Waals surface area contributed by atoms with Crippen molar-refractivity contribution in [2.24, 2.45) is 20.2 Å². The molecule has 21 heteroatoms. The van der Waals surface area contributed by atoms with E-state index in [0.717, 1.165) is 6.07 Å². The van der Waals surface area contributed by atoms with Crippen LogP contribution in [0.25, 0.3) is 10.8 Å². The van der Waals surface area contributed by atoms with E-state index in [1.807, 2.05) is 13.8 Å². The Morgan fingerprint density at radius 1 is 0.678 bits per heavy atom. The topological polar surface area (TPSA) is 343 Å². The summed E-state index contributed by atoms with van der Waals surface area (Å²) in [7, 11) is -8.50. The molecule has 0 amide bonds. The second-order valence-electron chi connectivity index (χ2n) is 11.5. The van der Waals surface area contributed by atoms with Crippen molar-refractivity contribution < 1.29 is 31.4 Å². The van der Waals surface area contributed by atoms with Gasteiger partial charge in [-0.25, -0.2) is 8.42 Å². The largest absolute Gasteiger partial charge is 0.505 e. The third-order valence-electron chi connectivity index (χ3n) is 7.65. The minimum atomic E-state index is -4.63. The molecule has 0 saturated heterocycles. The summed E-state index contributed by atoms with van der Waals surface area (Å²) >= 11 is 0. The second kappa shape index (κ2) is 20.0. The van der Waals surface area contributed by atoms with Crippen molar-refractivity contribution in [3.8, 4) is 5.75 Å². The Morgan fingerprint density at radius 2 is 1.22 bits per heavy atom. The molecule has 0 heterocycles. The molecule has 0 bridgehead atoms. The van der Waals surface area contributed by atoms with Crippen LogP contribution in [0.15, 0.2) is 139 Å². The predicted molar refractivity (Wildman–Crippen MR) is 235 cm³/mol. The zero-order valence-corrected chi connectivity index (χ0v) is 33.2. The van der Waals surface area contributed by atoms with E-state index in [1.54, 1.807) is 54.6 Å². The van der Waals surface area contributed by atoms with Crippen molar-refractivity contribution in [2.75, 3.05) is 33.4 Å². The highest BCUT2D eigenvalue weighted by molar-refractivity contribution is 7.92. The van der Waals surface area contributed by atoms with E-state index in [9.17, 15) is 36.6 Å². The van der Waals surface area contributed by atoms with Gasteiger partial charge in [0.25, 0.3) is 25.8 Å². The minimum absolute atomic E-state index is 0.00553. The molecule has 6 rings (SSSR count). The number of non-ortho nitro benzene ring substituents is 1. The number of phenolic OH excluding ortho intramolecular Hbond substituents is 1. The maximum atomic E-state index is 12.7. The highest BCUT2D eigenvalue weighted by Gasteiger charge is 2.21. The van der Waals surface area contributed by atoms with Gasteiger partial charge in [-0.3, -0.25) is 29.4 Å². The zero-order chi connectivity index (χ0) is 44.1. The first-order valence-corrected chi connectivity index (χ1v) is 19.8. The van der Waals surface area contributed by atoms with Crippen molar-refractivity contribution in [3.05, 3.63) is 119 Å². The molecule has 0 aliphatic heterocycles. The number of aliphatic imine (C=N–C) groups is 2. The Balaban J connectivity index is 0.000000342. The number of nitro benzene ring substituents is 1. The summed E-state index contributed by atoms with van der Waals surface area (Å²) in [4.78, 5) is 16.5. The van der Waals surface area contributed by atoms with Crippen molar-refractivity contribution in [1.82, 2.24) is 0 Å². The maximum absolute atomic E-state index is 12.7. The third kappa shape index (κ3) is 12.2. The highest BCUT2D eigenvalue weighted by Crippen LogP contribution is 2.43. The van der Waals surface area contributed by atoms with Gasteiger partial charge in [0.2, 0.25) is 0 Å². The normalized spacial score (nSPS) is 10.8. The van der Waals surface area contributed by atoms with Crippen LogP contribution in [-0.2, 0) is 20.1 Å². The summed E-state index contributed by atoms with van der Waals surface area (Å²) in [5.74, 6) is -0.409. The van der Waals surface area contributed by atoms with Gasteiger partial charge in [-0.05, 0) is 110 Å². The van der Waals surface area contributed by atoms with Crippen LogP contribution < -0.4 is 33.4 Å². The summed E-state index contributed by atoms with van der Waals surface area (Å²) < 4.78 is 60.2. The Labute approximate surface area is 339 Å². The quantitative estimate of drug-likeness (QED) is 0.0171. The van der Waals surface area contributed by atoms with Crippen molar-refractivity contribution in [2.45, 2.75) is 23.6 Å². The number of nitrogen functional groups attached to an aromatic ring is 5. The number of phenols is 1. The summed E-state index contributed by atoms with van der Waals surface area (Å²) in [5.41, 5.74) is 30.9. The van der Waals surface area contributed by atoms with Crippen LogP contribution in [0.2, 0.25) is 0 Å². The molecule has 0 aliphatic carbocycles. The predicted octanol–water partition coefficient (Wildman–Crippen LogP) is 7.89. The molecular formula is C38H41N11O8S2. The molecule has 308 valence electrons. The highest BCUT2D eigenvalue weighted by atomic mass is 32.2. The smallest absolute Gasteiger partial charge is 0.296 e. The molecule has 59 heavy (non-hydrogen) atoms. The lowest BCUT2D eigenvalue weighted by atomic mass is 10.1. The van der Waals surface area contributed by atoms with Crippen molar-refractivity contribution >= 4 is 107 Å². The molecule has 0 spiro atoms. The number of anilines is 6. The first-order chi connectivity index (χ1) is 27.8. The number of nitrogens with one attached hydrogen (secondary N) is 1. The SMILES string of the molecule is C=Nc1ccc(NS(=O)(=O)c2ccc(N=Nc3ccc4cc(S(=O)(=O)O)c(N)c(N)c4c3O)cc2)cc1.C=Nc1ccc([N+](=O)[O-])cc1.CC.Nc1ccc(N)c(N)c1. The average molecular weight is 844 g/mol. The van der Waals surface area contributed by atoms with Crippen LogP contribution >= 0.6 is 0 Å². The van der Waals surface area contributed by atoms with Gasteiger partial charge in [0.05, 0.1) is 55.0 Å². The number of rotatable bonds is 9. The lowest BCUT2D eigenvalue weighted by molar-refractivity contribution is -0.384. The third-order valence-corrected chi connectivity index (χ3v) is 9.95. The molecule has 0 aliphatic rings. The standard InChI is InChI=1S/C23H20N6O6S2.C7H6N2O2.C6H9N3.C2H6/c1-26-14-3-5-16(6-4-14)29-36(31,32)17-9-7-15(8-10-17)27-28-18-11-2-13-12-19(37(33,34)35)21(24)22(25)20(13)23(18)30;1-8-6-2-4-7(5-3-6)9(10)11;7-4-1-2-5(8)6(9)3-4;1-2/h2-12,29-30H,1,24-25H2,(H,33,34,35);2-5H,1H2;1-3H,7-9H2;1-2H3. The molecule has 0 radical (unpaired) electrons. The zero-order valence-electron chi connectivity index (χ0n) is 31.6. The van der Waals surface area contributed by atoms with Crippen molar-refractivity contribution in [1.29, 1.82) is 0 Å². The van der Waals surface area contributed by atoms with Gasteiger partial charge in [-0.2, -0.15) is 13.5 Å². The average Bonchev–Trinajstić information content (AvgIpc) is 3.21. The van der Waals surface area contributed by atoms with E-state index >= 15 is 0 Å². The van der Waals surface area contributed by atoms with E-state index in [-0.39, 0.29) is 38.4 Å². The molecular weight excluding hydrogens is 803 g/mol. The number of sulfonamides is 1. The van der Waals surface area contributed by atoms with Gasteiger partial charge in [0, 0.05) is 23.5 Å². The van der Waals surface area contributed by atoms with Gasteiger partial charge in [-0.1, -0.05) is 19.9 Å². The number of nitrogens with zero attached hydrogens (tertiary/aromatic N) is 5. The van der Waals surface area contributed by atoms with Crippen LogP contribution in [0.4, 0.5) is 62.6 Å². The fraction of sp³-hybridized carbons (Fsp3) is 0.0526. The molecule has 0 aromatic heterocycles. The fourth-order valence-electron chi connectivity index (χ4n) is 4.71. The Hall–Kier alpha value is -7.62. The summed E-state index contributed by atoms with van der Waals surface area (Å²) in [6.45, 7) is 10.7. The van der Waals surface area contributed by atoms with Crippen LogP contribution in [-0.4, -0.2) is 44.9 Å². The maximum Gasteiger partial charge on any atom is 0.296 e. The molecule has 6 aromatic carbocycles. The number of nitrogens with two attached hydrogens (primary N) is 5. The van der Waals surface area contributed by atoms with Crippen LogP contribution in [0, 0.1) is 10.1 Å². The molecule has 0 saturated carbocycles. The Morgan fingerprint density at radius 3 is 1.71 bits per heavy atom. The Kier molecular flexibility index (Phi) is 15.5. The molecule has 0 fully saturated rings. The number of hydrogen-bond acceptors (Lipinski definition) is 16. The molecule has 0 unspecified atom stereocenters. The molecule has 6 aromatic rings. The minimum Gasteiger partial charge on any atom is -0.505 e. The first kappa shape index (κ1) is 45.8. The van der Waals surface area contributed by atoms with E-state index in [2.05, 4.69) is 38.4 Å². The van der Waals surface area contributed by atoms with E-state index in [0.29, 0.717) is 34.1 Å². The van der Waals surface area contributed by atoms with Gasteiger partial charge in [0.1, 0.15) is 10.6 Å². The van der Waals surface area contributed by atoms with E-state index < -0.39 is 41.4 Å². The van der Waals surface area contributed by atoms with Crippen LogP contribution in [0.1, 0.15) is 13.8 Å². The number of aromatic hydroxyl groups is 1. The van der Waals surface area contributed by atoms with Gasteiger partial charge >= 0.3 is 0 Å². The second-order valence-corrected chi connectivity index (χ2v) is 14.6. The summed E-state index contributed by atoms with van der Waals surface area (Å²) in [6.07, 6.45) is 0. The monoisotopic (exact) mass is 843 g/mol. The van der Waals surface area contributed by atoms with E-state index in [4.69, 9.17) is 28.7 Å². The first-order valence-electron chi connectivity index (χ1n) is 16.9. The number of hydrogen-bond donors (Lipinski definition) is 8. The number of nitro groups is 1. The van der Waals surface area contributed by atoms with E-state index in [1.165, 1.54) is 48.5 Å². The number of fused-ring (bicyclic) bond motifs is 1. The van der Waals surface area contributed by atoms with Gasteiger partial charge < -0.3 is 33.8 Å². The number of azo groups is 1. The fourth-order valence-corrected chi connectivity index (χ4v) is 6.43. The lowest BCUT2D eigenvalue weighted by Gasteiger charge is -2.12. The van der Waals surface area contributed by atoms with Gasteiger partial charge in [-0.15, -0.1) is 5.11 Å². The molecule has 19 nitrogen and oxygen atoms in total. The number of benzene rings is 6. The van der Waals surface area contributed by atoms with Crippen molar-refractivity contribution in [3.63, 3.8) is 0 Å². The van der Waals surface area contributed by atoms with Crippen LogP contribution in [0.3, 0.4) is 0 Å². The van der Waals surface area contributed by atoms with Crippen LogP contribution in [0.5, 0.6) is 5.75 Å².